The average Bonchev–Trinajstić information content (AvgIpc) is 3.00. The molecule has 3 aromatic carbocycles. The molecule has 0 bridgehead atoms. The fourth-order valence-corrected chi connectivity index (χ4v) is 5.83. The third-order valence-corrected chi connectivity index (χ3v) is 9.36. The zero-order valence-electron chi connectivity index (χ0n) is 24.7. The predicted molar refractivity (Wildman–Crippen MR) is 169 cm³/mol. The van der Waals surface area contributed by atoms with Gasteiger partial charge < -0.3 is 28.4 Å². The summed E-state index contributed by atoms with van der Waals surface area (Å²) in [6.45, 7) is 8.11. The van der Waals surface area contributed by atoms with Gasteiger partial charge in [0, 0.05) is 20.0 Å². The summed E-state index contributed by atoms with van der Waals surface area (Å²) in [6.07, 6.45) is -3.31. The van der Waals surface area contributed by atoms with Crippen LogP contribution in [0, 0.1) is 0 Å². The van der Waals surface area contributed by atoms with Crippen LogP contribution in [0.15, 0.2) is 84.9 Å². The number of alkyl halides is 1. The Morgan fingerprint density at radius 2 is 1.36 bits per heavy atom. The van der Waals surface area contributed by atoms with Crippen LogP contribution in [0.5, 0.6) is 5.75 Å². The van der Waals surface area contributed by atoms with Crippen molar-refractivity contribution in [1.29, 1.82) is 0 Å². The molecule has 0 amide bonds. The summed E-state index contributed by atoms with van der Waals surface area (Å²) in [5.74, 6) is 0.174. The summed E-state index contributed by atoms with van der Waals surface area (Å²) in [5, 5.41) is 0.415. The summed E-state index contributed by atoms with van der Waals surface area (Å²) < 4.78 is 37.3. The smallest absolute Gasteiger partial charge is 0.338 e. The number of carbonyl (C=O) groups is 1. The van der Waals surface area contributed by atoms with Gasteiger partial charge in [-0.25, -0.2) is 4.79 Å². The Morgan fingerprint density at radius 1 is 0.786 bits per heavy atom. The Hall–Kier alpha value is -2.53. The van der Waals surface area contributed by atoms with Crippen LogP contribution in [0.1, 0.15) is 21.5 Å². The summed E-state index contributed by atoms with van der Waals surface area (Å²) in [5.41, 5.74) is 2.41. The van der Waals surface area contributed by atoms with Gasteiger partial charge in [-0.2, -0.15) is 0 Å². The molecule has 0 N–H and O–H groups in total. The molecule has 0 unspecified atom stereocenters. The lowest BCUT2D eigenvalue weighted by Gasteiger charge is -2.45. The molecule has 1 aliphatic heterocycles. The van der Waals surface area contributed by atoms with Gasteiger partial charge in [0.1, 0.15) is 24.1 Å². The van der Waals surface area contributed by atoms with Gasteiger partial charge in [0.2, 0.25) is 0 Å². The van der Waals surface area contributed by atoms with Gasteiger partial charge in [0.25, 0.3) is 0 Å². The summed E-state index contributed by atoms with van der Waals surface area (Å²) in [7, 11) is 0.227. The van der Waals surface area contributed by atoms with E-state index in [9.17, 15) is 4.79 Å². The highest BCUT2D eigenvalue weighted by Gasteiger charge is 2.50. The first-order valence-corrected chi connectivity index (χ1v) is 19.1. The van der Waals surface area contributed by atoms with Crippen LogP contribution in [-0.2, 0) is 36.9 Å². The number of rotatable bonds is 14. The predicted octanol–water partition coefficient (Wildman–Crippen LogP) is 6.87. The van der Waals surface area contributed by atoms with Crippen molar-refractivity contribution in [1.82, 2.24) is 0 Å². The minimum Gasteiger partial charge on any atom is -0.497 e. The first-order chi connectivity index (χ1) is 20.3. The van der Waals surface area contributed by atoms with Crippen molar-refractivity contribution in [3.8, 4) is 5.75 Å². The lowest BCUT2D eigenvalue weighted by atomic mass is 9.98. The summed E-state index contributed by atoms with van der Waals surface area (Å²) in [4.78, 5) is 13.4. The first kappa shape index (κ1) is 32.4. The molecular weight excluding hydrogens is 616 g/mol. The standard InChI is InChI=1S/C33H41BrO7Si/c1-36-27-17-15-26(16-18-27)32(35)41-29-28(21-34)40-33(37-19-20-42(2,3)4)31(39-23-25-13-9-6-10-14-25)30(29)38-22-24-11-7-5-8-12-24/h5-18,28-31,33H,19-23H2,1-4H3/t28-,29+,30+,31-,33-/m1/s1. The molecule has 1 aliphatic rings. The average molecular weight is 658 g/mol. The number of hydrogen-bond donors (Lipinski definition) is 0. The lowest BCUT2D eigenvalue weighted by molar-refractivity contribution is -0.310. The third kappa shape index (κ3) is 9.49. The first-order valence-electron chi connectivity index (χ1n) is 14.3. The Balaban J connectivity index is 1.63. The maximum absolute atomic E-state index is 13.4. The van der Waals surface area contributed by atoms with Gasteiger partial charge >= 0.3 is 5.97 Å². The Bertz CT molecular complexity index is 1220. The van der Waals surface area contributed by atoms with Crippen LogP contribution < -0.4 is 4.74 Å². The van der Waals surface area contributed by atoms with Gasteiger partial charge in [-0.1, -0.05) is 96.2 Å². The quantitative estimate of drug-likeness (QED) is 0.107. The highest BCUT2D eigenvalue weighted by Crippen LogP contribution is 2.32. The van der Waals surface area contributed by atoms with Gasteiger partial charge in [0.05, 0.1) is 25.9 Å². The second kappa shape index (κ2) is 15.8. The molecule has 5 atom stereocenters. The van der Waals surface area contributed by atoms with Crippen molar-refractivity contribution in [3.05, 3.63) is 102 Å². The van der Waals surface area contributed by atoms with Crippen LogP contribution in [0.2, 0.25) is 25.7 Å². The number of methoxy groups -OCH3 is 1. The van der Waals surface area contributed by atoms with Crippen molar-refractivity contribution >= 4 is 30.0 Å². The molecule has 7 nitrogen and oxygen atoms in total. The van der Waals surface area contributed by atoms with Crippen LogP contribution in [0.25, 0.3) is 0 Å². The van der Waals surface area contributed by atoms with Crippen molar-refractivity contribution in [2.45, 2.75) is 69.6 Å². The van der Waals surface area contributed by atoms with Crippen molar-refractivity contribution < 1.29 is 33.2 Å². The molecular formula is C33H41BrO7Si. The van der Waals surface area contributed by atoms with Crippen LogP contribution in [0.4, 0.5) is 0 Å². The summed E-state index contributed by atoms with van der Waals surface area (Å²) in [6, 6.07) is 27.6. The minimum atomic E-state index is -1.36. The van der Waals surface area contributed by atoms with Gasteiger partial charge in [-0.05, 0) is 41.4 Å². The zero-order chi connectivity index (χ0) is 30.0. The largest absolute Gasteiger partial charge is 0.497 e. The molecule has 9 heteroatoms. The van der Waals surface area contributed by atoms with E-state index in [1.807, 2.05) is 60.7 Å². The normalized spacial score (nSPS) is 22.5. The highest BCUT2D eigenvalue weighted by molar-refractivity contribution is 9.09. The fourth-order valence-electron chi connectivity index (χ4n) is 4.58. The SMILES string of the molecule is COc1ccc(C(=O)O[C@@H]2[C@H](OCc3ccccc3)[C@@H](OCc3ccccc3)[C@H](OCC[Si](C)(C)C)O[C@@H]2CBr)cc1. The molecule has 0 saturated carbocycles. The molecule has 1 saturated heterocycles. The maximum Gasteiger partial charge on any atom is 0.338 e. The monoisotopic (exact) mass is 656 g/mol. The van der Waals surface area contributed by atoms with Gasteiger partial charge in [-0.15, -0.1) is 0 Å². The van der Waals surface area contributed by atoms with Crippen LogP contribution in [0.3, 0.4) is 0 Å². The molecule has 0 spiro atoms. The second-order valence-electron chi connectivity index (χ2n) is 11.5. The highest BCUT2D eigenvalue weighted by atomic mass is 79.9. The van der Waals surface area contributed by atoms with Crippen LogP contribution in [-0.4, -0.2) is 63.8 Å². The zero-order valence-corrected chi connectivity index (χ0v) is 27.3. The number of ether oxygens (including phenoxy) is 6. The van der Waals surface area contributed by atoms with Crippen molar-refractivity contribution in [3.63, 3.8) is 0 Å². The topological polar surface area (TPSA) is 72.5 Å². The number of carbonyl (C=O) groups excluding carboxylic acids is 1. The second-order valence-corrected chi connectivity index (χ2v) is 17.8. The number of halogens is 1. The van der Waals surface area contributed by atoms with E-state index in [-0.39, 0.29) is 0 Å². The summed E-state index contributed by atoms with van der Waals surface area (Å²) >= 11 is 3.59. The molecule has 1 fully saturated rings. The molecule has 4 rings (SSSR count). The van der Waals surface area contributed by atoms with E-state index in [2.05, 4.69) is 35.6 Å². The molecule has 0 aromatic heterocycles. The Kier molecular flexibility index (Phi) is 12.2. The molecule has 226 valence electrons. The van der Waals surface area contributed by atoms with E-state index in [1.165, 1.54) is 0 Å². The lowest BCUT2D eigenvalue weighted by Crippen LogP contribution is -2.61. The fraction of sp³-hybridized carbons (Fsp3) is 0.424. The number of esters is 1. The van der Waals surface area contributed by atoms with Crippen molar-refractivity contribution in [2.75, 3.05) is 19.0 Å². The van der Waals surface area contributed by atoms with Gasteiger partial charge in [0.15, 0.2) is 12.4 Å². The minimum absolute atomic E-state index is 0.309. The molecule has 0 aliphatic carbocycles. The molecule has 1 heterocycles. The van der Waals surface area contributed by atoms with E-state index < -0.39 is 44.7 Å². The Morgan fingerprint density at radius 3 is 1.88 bits per heavy atom. The third-order valence-electron chi connectivity index (χ3n) is 7.02. The number of benzene rings is 3. The van der Waals surface area contributed by atoms with E-state index in [4.69, 9.17) is 28.4 Å². The Labute approximate surface area is 258 Å². The van der Waals surface area contributed by atoms with E-state index in [0.29, 0.717) is 36.5 Å². The van der Waals surface area contributed by atoms with E-state index in [1.54, 1.807) is 31.4 Å². The molecule has 0 radical (unpaired) electrons. The van der Waals surface area contributed by atoms with E-state index in [0.717, 1.165) is 17.2 Å². The van der Waals surface area contributed by atoms with Crippen molar-refractivity contribution in [2.24, 2.45) is 0 Å². The number of hydrogen-bond acceptors (Lipinski definition) is 7. The van der Waals surface area contributed by atoms with E-state index >= 15 is 0 Å². The molecule has 42 heavy (non-hydrogen) atoms. The molecule has 3 aromatic rings. The van der Waals surface area contributed by atoms with Gasteiger partial charge in [-0.3, -0.25) is 0 Å². The van der Waals surface area contributed by atoms with Crippen LogP contribution >= 0.6 is 15.9 Å². The maximum atomic E-state index is 13.4.